The average molecular weight is 283 g/mol. The molecule has 1 aromatic carbocycles. The van der Waals surface area contributed by atoms with Crippen LogP contribution in [0.1, 0.15) is 26.3 Å². The van der Waals surface area contributed by atoms with E-state index in [1.807, 2.05) is 30.3 Å². The van der Waals surface area contributed by atoms with Gasteiger partial charge in [-0.25, -0.2) is 0 Å². The van der Waals surface area contributed by atoms with Gasteiger partial charge in [0.2, 0.25) is 0 Å². The highest BCUT2D eigenvalue weighted by atomic mass is 35.5. The Balaban J connectivity index is 2.20. The van der Waals surface area contributed by atoms with Crippen LogP contribution in [0.25, 0.3) is 5.03 Å². The highest BCUT2D eigenvalue weighted by Crippen LogP contribution is 2.60. The highest BCUT2D eigenvalue weighted by Gasteiger charge is 2.58. The Hall–Kier alpha value is -0.790. The summed E-state index contributed by atoms with van der Waals surface area (Å²) in [5.41, 5.74) is 0.962. The Morgan fingerprint density at radius 3 is 2.28 bits per heavy atom. The fourth-order valence-electron chi connectivity index (χ4n) is 2.63. The van der Waals surface area contributed by atoms with Gasteiger partial charge < -0.3 is 0 Å². The van der Waals surface area contributed by atoms with Crippen molar-refractivity contribution in [1.82, 2.24) is 0 Å². The second-order valence-electron chi connectivity index (χ2n) is 5.46. The van der Waals surface area contributed by atoms with Gasteiger partial charge in [0.15, 0.2) is 0 Å². The molecular weight excluding hydrogens is 267 g/mol. The summed E-state index contributed by atoms with van der Waals surface area (Å²) in [7, 11) is 0. The first-order chi connectivity index (χ1) is 8.34. The molecule has 96 valence electrons. The van der Waals surface area contributed by atoms with Crippen molar-refractivity contribution in [2.75, 3.05) is 0 Å². The molecule has 1 saturated carbocycles. The topological polar surface area (TPSA) is 17.1 Å². The van der Waals surface area contributed by atoms with Crippen molar-refractivity contribution < 1.29 is 4.79 Å². The van der Waals surface area contributed by atoms with Crippen molar-refractivity contribution in [3.05, 3.63) is 40.9 Å². The van der Waals surface area contributed by atoms with Crippen molar-refractivity contribution >= 4 is 34.0 Å². The van der Waals surface area contributed by atoms with Gasteiger partial charge in [-0.05, 0) is 36.0 Å². The summed E-state index contributed by atoms with van der Waals surface area (Å²) in [6.45, 7) is 5.86. The number of hydrogen-bond acceptors (Lipinski definition) is 1. The summed E-state index contributed by atoms with van der Waals surface area (Å²) >= 11 is 12.1. The van der Waals surface area contributed by atoms with Crippen LogP contribution in [0.2, 0.25) is 5.02 Å². The molecule has 0 saturated heterocycles. The van der Waals surface area contributed by atoms with Crippen molar-refractivity contribution in [2.45, 2.75) is 20.8 Å². The molecule has 2 atom stereocenters. The number of halogens is 2. The maximum Gasteiger partial charge on any atom is 0.134 e. The first-order valence-electron chi connectivity index (χ1n) is 5.97. The maximum atomic E-state index is 11.5. The molecule has 1 fully saturated rings. The van der Waals surface area contributed by atoms with Gasteiger partial charge in [0, 0.05) is 16.0 Å². The van der Waals surface area contributed by atoms with E-state index in [0.29, 0.717) is 10.1 Å². The zero-order valence-electron chi connectivity index (χ0n) is 10.7. The first-order valence-corrected chi connectivity index (χ1v) is 6.73. The zero-order valence-corrected chi connectivity index (χ0v) is 12.2. The van der Waals surface area contributed by atoms with Crippen LogP contribution in [-0.2, 0) is 4.79 Å². The molecular formula is C15H16Cl2O. The predicted octanol–water partition coefficient (Wildman–Crippen LogP) is 4.78. The number of carbonyl (C=O) groups excluding carboxylic acids is 1. The number of carbonyl (C=O) groups is 1. The Kier molecular flexibility index (Phi) is 3.57. The molecule has 1 aliphatic rings. The zero-order chi connectivity index (χ0) is 13.5. The minimum Gasteiger partial charge on any atom is -0.300 e. The normalized spacial score (nSPS) is 25.9. The molecule has 0 heterocycles. The van der Waals surface area contributed by atoms with Gasteiger partial charge in [0.1, 0.15) is 5.78 Å². The SMILES string of the molecule is CC(=O)C1C(/C=C(\Cl)c2ccc(Cl)cc2)C1(C)C. The quantitative estimate of drug-likeness (QED) is 0.780. The molecule has 0 radical (unpaired) electrons. The number of benzene rings is 1. The van der Waals surface area contributed by atoms with E-state index in [4.69, 9.17) is 23.2 Å². The van der Waals surface area contributed by atoms with E-state index >= 15 is 0 Å². The van der Waals surface area contributed by atoms with E-state index in [-0.39, 0.29) is 23.0 Å². The fraction of sp³-hybridized carbons (Fsp3) is 0.400. The third kappa shape index (κ3) is 2.48. The molecule has 0 aliphatic heterocycles. The lowest BCUT2D eigenvalue weighted by Gasteiger charge is -2.01. The summed E-state index contributed by atoms with van der Waals surface area (Å²) in [6, 6.07) is 7.40. The predicted molar refractivity (Wildman–Crippen MR) is 76.7 cm³/mol. The standard InChI is InChI=1S/C15H16Cl2O/c1-9(18)14-12(15(14,2)3)8-13(17)10-4-6-11(16)7-5-10/h4-8,12,14H,1-3H3/b13-8-. The van der Waals surface area contributed by atoms with E-state index in [9.17, 15) is 4.79 Å². The average Bonchev–Trinajstić information content (AvgIpc) is 2.81. The Bertz CT molecular complexity index is 500. The second kappa shape index (κ2) is 4.71. The highest BCUT2D eigenvalue weighted by molar-refractivity contribution is 6.48. The molecule has 0 amide bonds. The molecule has 0 N–H and O–H groups in total. The molecule has 0 spiro atoms. The number of rotatable bonds is 3. The van der Waals surface area contributed by atoms with Gasteiger partial charge in [-0.2, -0.15) is 0 Å². The van der Waals surface area contributed by atoms with E-state index < -0.39 is 0 Å². The number of Topliss-reactive ketones (excluding diaryl/α,β-unsaturated/α-hetero) is 1. The van der Waals surface area contributed by atoms with Gasteiger partial charge >= 0.3 is 0 Å². The lowest BCUT2D eigenvalue weighted by atomic mass is 10.1. The van der Waals surface area contributed by atoms with Gasteiger partial charge in [0.25, 0.3) is 0 Å². The lowest BCUT2D eigenvalue weighted by Crippen LogP contribution is -1.99. The Morgan fingerprint density at radius 1 is 1.28 bits per heavy atom. The second-order valence-corrected chi connectivity index (χ2v) is 6.30. The molecule has 1 aromatic rings. The number of ketones is 1. The first kappa shape index (κ1) is 13.6. The van der Waals surface area contributed by atoms with Gasteiger partial charge in [-0.15, -0.1) is 0 Å². The molecule has 2 unspecified atom stereocenters. The van der Waals surface area contributed by atoms with Crippen LogP contribution in [0.5, 0.6) is 0 Å². The van der Waals surface area contributed by atoms with Crippen molar-refractivity contribution in [3.63, 3.8) is 0 Å². The summed E-state index contributed by atoms with van der Waals surface area (Å²) in [6.07, 6.45) is 2.00. The molecule has 3 heteroatoms. The van der Waals surface area contributed by atoms with Crippen LogP contribution in [0.3, 0.4) is 0 Å². The van der Waals surface area contributed by atoms with Gasteiger partial charge in [-0.1, -0.05) is 55.3 Å². The van der Waals surface area contributed by atoms with Crippen LogP contribution in [0, 0.1) is 17.3 Å². The Labute approximate surface area is 118 Å². The summed E-state index contributed by atoms with van der Waals surface area (Å²) in [5.74, 6) is 0.568. The summed E-state index contributed by atoms with van der Waals surface area (Å²) in [4.78, 5) is 11.5. The van der Waals surface area contributed by atoms with Crippen LogP contribution >= 0.6 is 23.2 Å². The Morgan fingerprint density at radius 2 is 1.83 bits per heavy atom. The maximum absolute atomic E-state index is 11.5. The van der Waals surface area contributed by atoms with E-state index in [1.165, 1.54) is 0 Å². The monoisotopic (exact) mass is 282 g/mol. The van der Waals surface area contributed by atoms with Gasteiger partial charge in [0.05, 0.1) is 0 Å². The third-order valence-electron chi connectivity index (χ3n) is 3.79. The van der Waals surface area contributed by atoms with E-state index in [1.54, 1.807) is 6.92 Å². The molecule has 0 aromatic heterocycles. The molecule has 2 rings (SSSR count). The molecule has 0 bridgehead atoms. The minimum absolute atomic E-state index is 0.0262. The van der Waals surface area contributed by atoms with Crippen molar-refractivity contribution in [3.8, 4) is 0 Å². The third-order valence-corrected chi connectivity index (χ3v) is 4.39. The van der Waals surface area contributed by atoms with Crippen LogP contribution in [0.4, 0.5) is 0 Å². The van der Waals surface area contributed by atoms with Crippen LogP contribution < -0.4 is 0 Å². The number of allylic oxidation sites excluding steroid dienone is 1. The fourth-order valence-corrected chi connectivity index (χ4v) is 3.02. The summed E-state index contributed by atoms with van der Waals surface area (Å²) in [5, 5.41) is 1.38. The van der Waals surface area contributed by atoms with E-state index in [0.717, 1.165) is 5.56 Å². The number of hydrogen-bond donors (Lipinski definition) is 0. The molecule has 1 nitrogen and oxygen atoms in total. The van der Waals surface area contributed by atoms with Crippen molar-refractivity contribution in [2.24, 2.45) is 17.3 Å². The van der Waals surface area contributed by atoms with E-state index in [2.05, 4.69) is 13.8 Å². The van der Waals surface area contributed by atoms with Gasteiger partial charge in [-0.3, -0.25) is 4.79 Å². The lowest BCUT2D eigenvalue weighted by molar-refractivity contribution is -0.118. The minimum atomic E-state index is 0.0262. The largest absolute Gasteiger partial charge is 0.300 e. The van der Waals surface area contributed by atoms with Crippen LogP contribution in [0.15, 0.2) is 30.3 Å². The molecule has 1 aliphatic carbocycles. The van der Waals surface area contributed by atoms with Crippen molar-refractivity contribution in [1.29, 1.82) is 0 Å². The van der Waals surface area contributed by atoms with Crippen LogP contribution in [-0.4, -0.2) is 5.78 Å². The molecule has 18 heavy (non-hydrogen) atoms. The smallest absolute Gasteiger partial charge is 0.134 e. The summed E-state index contributed by atoms with van der Waals surface area (Å²) < 4.78 is 0.